The standard InChI is InChI=1S/C24H27N3O6S/c1-15-23(30,18(28)16-11-7-5-8-12-16)19(26-27-25)24(31,20(29)22(2,3)4)21(33-15)34(32)17-13-9-6-10-14-17/h5-15,19,21,30-31H,1-4H3/t15-,19-,21+,23-,24+,34?/m1/s1. The van der Waals surface area contributed by atoms with Crippen LogP contribution in [0.15, 0.2) is 70.7 Å². The Kier molecular flexibility index (Phi) is 7.12. The van der Waals surface area contributed by atoms with Crippen molar-refractivity contribution < 1.29 is 28.7 Å². The Bertz CT molecular complexity index is 1150. The molecule has 0 spiro atoms. The molecule has 180 valence electrons. The maximum absolute atomic E-state index is 13.7. The summed E-state index contributed by atoms with van der Waals surface area (Å²) in [6.07, 6.45) is -1.39. The summed E-state index contributed by atoms with van der Waals surface area (Å²) in [5.41, 5.74) is 1.02. The van der Waals surface area contributed by atoms with Crippen LogP contribution in [0, 0.1) is 5.41 Å². The minimum absolute atomic E-state index is 0.0618. The van der Waals surface area contributed by atoms with Crippen molar-refractivity contribution in [3.8, 4) is 0 Å². The average molecular weight is 486 g/mol. The lowest BCUT2D eigenvalue weighted by atomic mass is 9.67. The molecule has 1 fully saturated rings. The highest BCUT2D eigenvalue weighted by Crippen LogP contribution is 2.45. The number of hydrogen-bond acceptors (Lipinski definition) is 7. The molecule has 0 amide bonds. The highest BCUT2D eigenvalue weighted by atomic mass is 32.2. The van der Waals surface area contributed by atoms with Gasteiger partial charge in [0.15, 0.2) is 28.2 Å². The molecule has 1 heterocycles. The van der Waals surface area contributed by atoms with Gasteiger partial charge in [-0.25, -0.2) is 0 Å². The van der Waals surface area contributed by atoms with Gasteiger partial charge in [0.25, 0.3) is 0 Å². The summed E-state index contributed by atoms with van der Waals surface area (Å²) in [6.45, 7) is 5.88. The Morgan fingerprint density at radius 1 is 1.03 bits per heavy atom. The Morgan fingerprint density at radius 3 is 2.06 bits per heavy atom. The second kappa shape index (κ2) is 9.40. The van der Waals surface area contributed by atoms with Crippen LogP contribution in [0.2, 0.25) is 0 Å². The van der Waals surface area contributed by atoms with Gasteiger partial charge in [0.1, 0.15) is 6.04 Å². The van der Waals surface area contributed by atoms with E-state index in [1.54, 1.807) is 36.4 Å². The molecule has 0 radical (unpaired) electrons. The number of aliphatic hydroxyl groups is 2. The average Bonchev–Trinajstić information content (AvgIpc) is 2.83. The molecule has 0 aromatic heterocycles. The van der Waals surface area contributed by atoms with Gasteiger partial charge in [0.2, 0.25) is 0 Å². The first-order valence-corrected chi connectivity index (χ1v) is 11.9. The fourth-order valence-electron chi connectivity index (χ4n) is 4.16. The summed E-state index contributed by atoms with van der Waals surface area (Å²) in [7, 11) is -2.13. The lowest BCUT2D eigenvalue weighted by molar-refractivity contribution is -0.220. The topological polar surface area (TPSA) is 150 Å². The number of azide groups is 1. The molecule has 1 unspecified atom stereocenters. The zero-order valence-corrected chi connectivity index (χ0v) is 20.1. The third kappa shape index (κ3) is 4.19. The Morgan fingerprint density at radius 2 is 1.56 bits per heavy atom. The third-order valence-electron chi connectivity index (χ3n) is 5.92. The molecule has 2 N–H and O–H groups in total. The molecule has 1 aliphatic heterocycles. The van der Waals surface area contributed by atoms with E-state index in [1.165, 1.54) is 52.0 Å². The van der Waals surface area contributed by atoms with Gasteiger partial charge in [-0.15, -0.1) is 0 Å². The third-order valence-corrected chi connectivity index (χ3v) is 7.52. The van der Waals surface area contributed by atoms with E-state index < -0.39 is 56.6 Å². The molecule has 0 bridgehead atoms. The fourth-order valence-corrected chi connectivity index (χ4v) is 5.66. The van der Waals surface area contributed by atoms with Crippen molar-refractivity contribution >= 4 is 22.4 Å². The second-order valence-corrected chi connectivity index (χ2v) is 10.7. The molecule has 2 aromatic rings. The van der Waals surface area contributed by atoms with Gasteiger partial charge in [-0.1, -0.05) is 74.4 Å². The predicted octanol–water partition coefficient (Wildman–Crippen LogP) is 3.18. The molecule has 3 rings (SSSR count). The van der Waals surface area contributed by atoms with Crippen molar-refractivity contribution in [1.82, 2.24) is 0 Å². The van der Waals surface area contributed by atoms with Gasteiger partial charge >= 0.3 is 0 Å². The van der Waals surface area contributed by atoms with E-state index in [0.717, 1.165) is 0 Å². The first-order valence-electron chi connectivity index (χ1n) is 10.6. The Hall–Kier alpha value is -2.88. The lowest BCUT2D eigenvalue weighted by Gasteiger charge is -2.53. The van der Waals surface area contributed by atoms with Crippen molar-refractivity contribution in [2.45, 2.75) is 61.4 Å². The van der Waals surface area contributed by atoms with Crippen LogP contribution >= 0.6 is 0 Å². The fraction of sp³-hybridized carbons (Fsp3) is 0.417. The van der Waals surface area contributed by atoms with Crippen molar-refractivity contribution in [2.24, 2.45) is 10.5 Å². The minimum Gasteiger partial charge on any atom is -0.378 e. The van der Waals surface area contributed by atoms with E-state index in [-0.39, 0.29) is 10.5 Å². The normalized spacial score (nSPS) is 30.1. The van der Waals surface area contributed by atoms with E-state index in [9.17, 15) is 29.5 Å². The quantitative estimate of drug-likeness (QED) is 0.278. The van der Waals surface area contributed by atoms with Crippen molar-refractivity contribution in [1.29, 1.82) is 0 Å². The van der Waals surface area contributed by atoms with Crippen molar-refractivity contribution in [2.75, 3.05) is 0 Å². The molecule has 1 aliphatic rings. The van der Waals surface area contributed by atoms with E-state index in [2.05, 4.69) is 10.0 Å². The van der Waals surface area contributed by atoms with Gasteiger partial charge in [0.05, 0.1) is 16.9 Å². The molecule has 0 saturated carbocycles. The van der Waals surface area contributed by atoms with Crippen LogP contribution in [-0.4, -0.2) is 54.8 Å². The number of Topliss-reactive ketones (excluding diaryl/α,β-unsaturated/α-hetero) is 2. The van der Waals surface area contributed by atoms with Gasteiger partial charge in [-0.2, -0.15) is 0 Å². The smallest absolute Gasteiger partial charge is 0.197 e. The van der Waals surface area contributed by atoms with Gasteiger partial charge in [-0.05, 0) is 24.6 Å². The van der Waals surface area contributed by atoms with E-state index in [0.29, 0.717) is 0 Å². The van der Waals surface area contributed by atoms with Crippen LogP contribution in [-0.2, 0) is 20.3 Å². The molecule has 0 aliphatic carbocycles. The number of carbonyl (C=O) groups is 2. The number of rotatable bonds is 6. The number of ketones is 2. The number of ether oxygens (including phenoxy) is 1. The van der Waals surface area contributed by atoms with Crippen LogP contribution in [0.4, 0.5) is 0 Å². The van der Waals surface area contributed by atoms with Crippen LogP contribution in [0.3, 0.4) is 0 Å². The molecule has 6 atom stereocenters. The van der Waals surface area contributed by atoms with Crippen LogP contribution in [0.5, 0.6) is 0 Å². The molecular formula is C24H27N3O6S. The van der Waals surface area contributed by atoms with Crippen LogP contribution in [0.25, 0.3) is 10.4 Å². The predicted molar refractivity (Wildman–Crippen MR) is 125 cm³/mol. The first kappa shape index (κ1) is 25.7. The Labute approximate surface area is 199 Å². The monoisotopic (exact) mass is 485 g/mol. The molecule has 2 aromatic carbocycles. The van der Waals surface area contributed by atoms with E-state index in [1.807, 2.05) is 0 Å². The number of benzene rings is 2. The number of nitrogens with zero attached hydrogens (tertiary/aromatic N) is 3. The summed E-state index contributed by atoms with van der Waals surface area (Å²) in [5.74, 6) is -1.79. The van der Waals surface area contributed by atoms with Crippen LogP contribution < -0.4 is 0 Å². The molecule has 10 heteroatoms. The molecule has 34 heavy (non-hydrogen) atoms. The van der Waals surface area contributed by atoms with Gasteiger partial charge in [0, 0.05) is 20.8 Å². The first-order chi connectivity index (χ1) is 15.9. The Balaban J connectivity index is 2.27. The summed E-state index contributed by atoms with van der Waals surface area (Å²) in [4.78, 5) is 30.2. The van der Waals surface area contributed by atoms with Crippen molar-refractivity contribution in [3.05, 3.63) is 76.7 Å². The second-order valence-electron chi connectivity index (χ2n) is 9.25. The zero-order valence-electron chi connectivity index (χ0n) is 19.3. The maximum Gasteiger partial charge on any atom is 0.197 e. The highest BCUT2D eigenvalue weighted by Gasteiger charge is 2.69. The van der Waals surface area contributed by atoms with Gasteiger partial charge in [-0.3, -0.25) is 13.8 Å². The maximum atomic E-state index is 13.7. The minimum atomic E-state index is -2.79. The SMILES string of the molecule is C[C@H]1O[C@@H](S(=O)c2ccccc2)[C@@](O)(C(=O)C(C)(C)C)[C@H](N=[N+]=[N-])[C@]1(O)C(=O)c1ccccc1. The highest BCUT2D eigenvalue weighted by molar-refractivity contribution is 7.85. The summed E-state index contributed by atoms with van der Waals surface area (Å²) in [5, 5.41) is 27.3. The summed E-state index contributed by atoms with van der Waals surface area (Å²) < 4.78 is 19.4. The van der Waals surface area contributed by atoms with Crippen molar-refractivity contribution in [3.63, 3.8) is 0 Å². The van der Waals surface area contributed by atoms with E-state index >= 15 is 0 Å². The number of hydrogen-bond donors (Lipinski definition) is 2. The van der Waals surface area contributed by atoms with E-state index in [4.69, 9.17) is 4.74 Å². The molecule has 1 saturated heterocycles. The molecular weight excluding hydrogens is 458 g/mol. The zero-order chi connectivity index (χ0) is 25.3. The largest absolute Gasteiger partial charge is 0.378 e. The van der Waals surface area contributed by atoms with Crippen LogP contribution in [0.1, 0.15) is 38.1 Å². The van der Waals surface area contributed by atoms with Gasteiger partial charge < -0.3 is 14.9 Å². The molecule has 9 nitrogen and oxygen atoms in total. The number of carbonyl (C=O) groups excluding carboxylic acids is 2. The summed E-state index contributed by atoms with van der Waals surface area (Å²) >= 11 is 0. The lowest BCUT2D eigenvalue weighted by Crippen LogP contribution is -2.77. The summed E-state index contributed by atoms with van der Waals surface area (Å²) in [6, 6.07) is 13.7.